The number of thiol groups is 4. The molecule has 1 aliphatic rings. The van der Waals surface area contributed by atoms with Crippen molar-refractivity contribution < 1.29 is 55.5 Å². The van der Waals surface area contributed by atoms with Gasteiger partial charge in [0.1, 0.15) is 24.4 Å². The third-order valence-electron chi connectivity index (χ3n) is 3.75. The molecule has 2 N–H and O–H groups in total. The molecule has 0 aliphatic carbocycles. The van der Waals surface area contributed by atoms with Gasteiger partial charge in [-0.05, 0) is 0 Å². The Hall–Kier alpha value is 0.930. The molecule has 12 nitrogen and oxygen atoms in total. The van der Waals surface area contributed by atoms with Crippen LogP contribution in [0.1, 0.15) is 10.4 Å². The van der Waals surface area contributed by atoms with Crippen LogP contribution in [-0.2, 0) is 40.5 Å². The first-order chi connectivity index (χ1) is 14.9. The van der Waals surface area contributed by atoms with Gasteiger partial charge in [0.15, 0.2) is 5.78 Å². The van der Waals surface area contributed by atoms with E-state index in [1.165, 1.54) is 12.1 Å². The van der Waals surface area contributed by atoms with Crippen molar-refractivity contribution in [2.24, 2.45) is 0 Å². The summed E-state index contributed by atoms with van der Waals surface area (Å²) in [5.41, 5.74) is 0.225. The minimum atomic E-state index is -4.77. The summed E-state index contributed by atoms with van der Waals surface area (Å²) >= 11 is 14.0. The van der Waals surface area contributed by atoms with Crippen molar-refractivity contribution in [3.8, 4) is 0 Å². The molecule has 1 aliphatic heterocycles. The summed E-state index contributed by atoms with van der Waals surface area (Å²) in [5.74, 6) is -0.606. The van der Waals surface area contributed by atoms with E-state index in [1.54, 1.807) is 18.2 Å². The van der Waals surface area contributed by atoms with Crippen LogP contribution in [0.3, 0.4) is 0 Å². The first kappa shape index (κ1) is 30.2. The highest BCUT2D eigenvalue weighted by Crippen LogP contribution is 2.79. The predicted octanol–water partition coefficient (Wildman–Crippen LogP) is 4.29. The van der Waals surface area contributed by atoms with Gasteiger partial charge in [-0.1, -0.05) is 79.3 Å². The number of Topliss-reactive ketones (excluding diaryl/α,β-unsaturated/α-hetero) is 1. The van der Waals surface area contributed by atoms with E-state index in [2.05, 4.69) is 61.9 Å². The maximum Gasteiger partial charge on any atom is 0.401 e. The van der Waals surface area contributed by atoms with E-state index in [-0.39, 0.29) is 5.56 Å². The van der Waals surface area contributed by atoms with Crippen molar-refractivity contribution in [1.82, 2.24) is 0 Å². The van der Waals surface area contributed by atoms with E-state index in [4.69, 9.17) is 9.26 Å². The molecule has 1 saturated heterocycles. The molecular weight excluding hydrogens is 600 g/mol. The molecule has 1 aromatic rings. The molecule has 0 aromatic heterocycles. The SMILES string of the molecule is CP(=O)(S)OP(=O)(S)OP(=O)(S)OP(=O)(S)OCC1OC(C(=O)c2ccccc2)C(O)C1O. The van der Waals surface area contributed by atoms with Crippen LogP contribution < -0.4 is 0 Å². The molecule has 0 bridgehead atoms. The zero-order chi connectivity index (χ0) is 25.2. The summed E-state index contributed by atoms with van der Waals surface area (Å²) < 4.78 is 71.9. The Bertz CT molecular complexity index is 1050. The van der Waals surface area contributed by atoms with E-state index in [9.17, 15) is 33.3 Å². The van der Waals surface area contributed by atoms with Gasteiger partial charge in [0.2, 0.25) is 0 Å². The Morgan fingerprint density at radius 1 is 0.909 bits per heavy atom. The molecule has 0 spiro atoms. The number of hydrogen-bond donors (Lipinski definition) is 6. The highest BCUT2D eigenvalue weighted by atomic mass is 32.7. The zero-order valence-corrected chi connectivity index (χ0v) is 23.6. The van der Waals surface area contributed by atoms with Gasteiger partial charge < -0.3 is 14.9 Å². The fourth-order valence-corrected chi connectivity index (χ4v) is 14.8. The van der Waals surface area contributed by atoms with Crippen LogP contribution in [-0.4, -0.2) is 53.7 Å². The Labute approximate surface area is 210 Å². The van der Waals surface area contributed by atoms with Gasteiger partial charge in [-0.15, -0.1) is 0 Å². The van der Waals surface area contributed by atoms with Gasteiger partial charge in [0.05, 0.1) is 6.61 Å². The van der Waals surface area contributed by atoms with Gasteiger partial charge in [-0.25, -0.2) is 26.6 Å². The Morgan fingerprint density at radius 3 is 1.97 bits per heavy atom. The lowest BCUT2D eigenvalue weighted by molar-refractivity contribution is -0.0111. The van der Waals surface area contributed by atoms with E-state index in [1.807, 2.05) is 0 Å². The van der Waals surface area contributed by atoms with Crippen molar-refractivity contribution in [1.29, 1.82) is 0 Å². The van der Waals surface area contributed by atoms with Crippen molar-refractivity contribution in [2.45, 2.75) is 24.4 Å². The largest absolute Gasteiger partial charge is 0.401 e. The first-order valence-corrected chi connectivity index (χ1v) is 19.9. The average Bonchev–Trinajstić information content (AvgIpc) is 2.91. The number of ether oxygens (including phenoxy) is 1. The molecule has 8 unspecified atom stereocenters. The van der Waals surface area contributed by atoms with Crippen LogP contribution in [0.15, 0.2) is 30.3 Å². The van der Waals surface area contributed by atoms with Crippen LogP contribution in [0.5, 0.6) is 0 Å². The Morgan fingerprint density at radius 2 is 1.42 bits per heavy atom. The number of carbonyl (C=O) groups is 1. The lowest BCUT2D eigenvalue weighted by Crippen LogP contribution is -2.37. The van der Waals surface area contributed by atoms with E-state index in [0.29, 0.717) is 0 Å². The van der Waals surface area contributed by atoms with Gasteiger partial charge in [0.25, 0.3) is 6.57 Å². The fraction of sp³-hybridized carbons (Fsp3) is 0.462. The molecule has 188 valence electrons. The molecule has 0 radical (unpaired) electrons. The standard InChI is InChI=1S/C13H20O12P4S4/c1-26(17,30)23-28(19,32)25-29(20,33)24-27(18,31)21-7-9-11(15)12(16)13(22-9)10(14)8-5-3-2-4-6-8/h2-6,9,11-13,15-16H,7H2,1H3,(H,17,30)(H,18,31)(H,19,32)(H,20,33). The summed E-state index contributed by atoms with van der Waals surface area (Å²) in [6, 6.07) is 7.86. The van der Waals surface area contributed by atoms with Crippen molar-refractivity contribution >= 4 is 81.7 Å². The smallest absolute Gasteiger partial charge is 0.387 e. The van der Waals surface area contributed by atoms with Gasteiger partial charge in [0, 0.05) is 12.2 Å². The molecule has 2 rings (SSSR count). The molecule has 1 fully saturated rings. The molecular formula is C13H20O12P4S4. The van der Waals surface area contributed by atoms with Gasteiger partial charge >= 0.3 is 20.4 Å². The summed E-state index contributed by atoms with van der Waals surface area (Å²) in [4.78, 5) is 12.5. The van der Waals surface area contributed by atoms with Crippen molar-refractivity contribution in [3.63, 3.8) is 0 Å². The molecule has 1 heterocycles. The van der Waals surface area contributed by atoms with E-state index < -0.39 is 63.8 Å². The Kier molecular flexibility index (Phi) is 10.5. The summed E-state index contributed by atoms with van der Waals surface area (Å²) in [7, 11) is 0. The number of benzene rings is 1. The second kappa shape index (κ2) is 11.5. The zero-order valence-electron chi connectivity index (χ0n) is 16.5. The minimum absolute atomic E-state index is 0.225. The normalized spacial score (nSPS) is 30.5. The fourth-order valence-electron chi connectivity index (χ4n) is 2.54. The topological polar surface area (TPSA) is 172 Å². The van der Waals surface area contributed by atoms with Crippen LogP contribution in [0.4, 0.5) is 0 Å². The molecule has 33 heavy (non-hydrogen) atoms. The highest BCUT2D eigenvalue weighted by Gasteiger charge is 2.48. The number of carbonyl (C=O) groups excluding carboxylic acids is 1. The first-order valence-electron chi connectivity index (χ1n) is 8.59. The monoisotopic (exact) mass is 620 g/mol. The van der Waals surface area contributed by atoms with Crippen LogP contribution in [0, 0.1) is 0 Å². The van der Waals surface area contributed by atoms with Crippen LogP contribution in [0.25, 0.3) is 0 Å². The quantitative estimate of drug-likeness (QED) is 0.118. The van der Waals surface area contributed by atoms with Crippen LogP contribution in [0.2, 0.25) is 0 Å². The maximum absolute atomic E-state index is 12.5. The maximum atomic E-state index is 12.5. The molecule has 1 aromatic carbocycles. The molecule has 0 amide bonds. The highest BCUT2D eigenvalue weighted by molar-refractivity contribution is 8.54. The lowest BCUT2D eigenvalue weighted by Gasteiger charge is -2.22. The predicted molar refractivity (Wildman–Crippen MR) is 133 cm³/mol. The average molecular weight is 620 g/mol. The molecule has 20 heteroatoms. The lowest BCUT2D eigenvalue weighted by atomic mass is 10.0. The second-order valence-electron chi connectivity index (χ2n) is 6.56. The number of aliphatic hydroxyl groups excluding tert-OH is 2. The van der Waals surface area contributed by atoms with Crippen LogP contribution >= 0.6 is 76.0 Å². The Balaban J connectivity index is 1.99. The van der Waals surface area contributed by atoms with Gasteiger partial charge in [-0.3, -0.25) is 13.9 Å². The minimum Gasteiger partial charge on any atom is -0.387 e. The summed E-state index contributed by atoms with van der Waals surface area (Å²) in [6.07, 6.45) is -6.02. The number of ketones is 1. The number of aliphatic hydroxyl groups is 2. The summed E-state index contributed by atoms with van der Waals surface area (Å²) in [5, 5.41) is 20.3. The van der Waals surface area contributed by atoms with Crippen molar-refractivity contribution in [3.05, 3.63) is 35.9 Å². The number of hydrogen-bond acceptors (Lipinski definition) is 12. The molecule has 0 saturated carbocycles. The van der Waals surface area contributed by atoms with E-state index in [0.717, 1.165) is 6.66 Å². The van der Waals surface area contributed by atoms with Gasteiger partial charge in [-0.2, -0.15) is 0 Å². The third-order valence-corrected chi connectivity index (χ3v) is 13.9. The number of rotatable bonds is 11. The second-order valence-corrected chi connectivity index (χ2v) is 19.8. The molecule has 8 atom stereocenters. The third kappa shape index (κ3) is 9.72. The van der Waals surface area contributed by atoms with E-state index >= 15 is 0 Å². The summed E-state index contributed by atoms with van der Waals surface area (Å²) in [6.45, 7) is -17.4. The van der Waals surface area contributed by atoms with Crippen molar-refractivity contribution in [2.75, 3.05) is 13.3 Å².